The maximum atomic E-state index is 13.2. The molecule has 0 radical (unpaired) electrons. The van der Waals surface area contributed by atoms with E-state index in [4.69, 9.17) is 0 Å². The molecule has 206 valence electrons. The fourth-order valence-electron chi connectivity index (χ4n) is 3.15. The van der Waals surface area contributed by atoms with Crippen LogP contribution in [0, 0.1) is 20.2 Å². The summed E-state index contributed by atoms with van der Waals surface area (Å²) in [5.74, 6) is -0.627. The van der Waals surface area contributed by atoms with Gasteiger partial charge in [0.05, 0.1) is 0 Å². The summed E-state index contributed by atoms with van der Waals surface area (Å²) in [7, 11) is 10.9. The number of hydrogen-bond donors (Lipinski definition) is 0. The summed E-state index contributed by atoms with van der Waals surface area (Å²) in [6.45, 7) is 2.17. The summed E-state index contributed by atoms with van der Waals surface area (Å²) in [5, 5.41) is 22.8. The van der Waals surface area contributed by atoms with Gasteiger partial charge in [0, 0.05) is 0 Å². The third-order valence-electron chi connectivity index (χ3n) is 5.49. The molecule has 0 saturated carbocycles. The van der Waals surface area contributed by atoms with E-state index in [0.717, 1.165) is 0 Å². The van der Waals surface area contributed by atoms with Crippen LogP contribution in [-0.4, -0.2) is 136 Å². The fourth-order valence-corrected chi connectivity index (χ4v) is 10.2. The standard InChI is InChI=1S/C24H32N6O6Se2/c1-25(2)11-13-27(5)23(31)19-15-17(29(33)34)7-9-21(19)37-38-22-10-8-18(30(35)36)16-20(22)24(32)28(6)14-12-26(3)4/h7-10,15-16H,11-14H2,1-6H3. The van der Waals surface area contributed by atoms with E-state index in [1.165, 1.54) is 34.1 Å². The maximum absolute atomic E-state index is 13.2. The summed E-state index contributed by atoms with van der Waals surface area (Å²) in [4.78, 5) is 55.2. The van der Waals surface area contributed by atoms with Gasteiger partial charge in [0.1, 0.15) is 0 Å². The zero-order valence-electron chi connectivity index (χ0n) is 22.2. The van der Waals surface area contributed by atoms with E-state index in [0.29, 0.717) is 35.1 Å². The van der Waals surface area contributed by atoms with Crippen molar-refractivity contribution >= 4 is 58.4 Å². The first-order chi connectivity index (χ1) is 17.8. The Balaban J connectivity index is 2.40. The Morgan fingerprint density at radius 1 is 0.658 bits per heavy atom. The molecule has 2 aromatic carbocycles. The van der Waals surface area contributed by atoms with Crippen LogP contribution >= 0.6 is 0 Å². The van der Waals surface area contributed by atoms with Crippen molar-refractivity contribution in [2.75, 3.05) is 68.5 Å². The first-order valence-corrected chi connectivity index (χ1v) is 17.6. The zero-order chi connectivity index (χ0) is 28.6. The van der Waals surface area contributed by atoms with Crippen molar-refractivity contribution in [2.45, 2.75) is 0 Å². The van der Waals surface area contributed by atoms with Crippen molar-refractivity contribution in [1.82, 2.24) is 19.6 Å². The molecule has 2 aromatic rings. The molecule has 0 unspecified atom stereocenters. The first-order valence-electron chi connectivity index (χ1n) is 11.5. The molecule has 12 nitrogen and oxygen atoms in total. The molecule has 0 aliphatic carbocycles. The molecule has 2 rings (SSSR count). The van der Waals surface area contributed by atoms with E-state index >= 15 is 0 Å². The molecule has 14 heteroatoms. The quantitative estimate of drug-likeness (QED) is 0.168. The molecule has 0 fully saturated rings. The predicted octanol–water partition coefficient (Wildman–Crippen LogP) is 0.0444. The molecule has 0 aliphatic rings. The fraction of sp³-hybridized carbons (Fsp3) is 0.417. The van der Waals surface area contributed by atoms with Crippen LogP contribution in [0.2, 0.25) is 0 Å². The molecule has 0 heterocycles. The van der Waals surface area contributed by atoms with Crippen LogP contribution in [0.5, 0.6) is 0 Å². The zero-order valence-corrected chi connectivity index (χ0v) is 25.7. The third kappa shape index (κ3) is 8.86. The van der Waals surface area contributed by atoms with Gasteiger partial charge in [0.2, 0.25) is 0 Å². The second-order valence-corrected chi connectivity index (χ2v) is 15.3. The SMILES string of the molecule is CN(C)CCN(C)C(=O)c1cc([N+](=O)[O-])ccc1[Se][Se]c1ccc([N+](=O)[O-])cc1C(=O)N(C)CCN(C)C. The Labute approximate surface area is 233 Å². The van der Waals surface area contributed by atoms with E-state index in [1.54, 1.807) is 26.2 Å². The van der Waals surface area contributed by atoms with Gasteiger partial charge in [-0.2, -0.15) is 0 Å². The van der Waals surface area contributed by atoms with Crippen LogP contribution in [0.3, 0.4) is 0 Å². The van der Waals surface area contributed by atoms with Crippen LogP contribution in [-0.2, 0) is 0 Å². The number of nitro benzene ring substituents is 2. The van der Waals surface area contributed by atoms with Gasteiger partial charge in [0.25, 0.3) is 0 Å². The number of nitrogens with zero attached hydrogens (tertiary/aromatic N) is 6. The van der Waals surface area contributed by atoms with Crippen molar-refractivity contribution in [3.8, 4) is 0 Å². The van der Waals surface area contributed by atoms with Crippen LogP contribution < -0.4 is 8.92 Å². The number of nitro groups is 2. The average molecular weight is 658 g/mol. The third-order valence-corrected chi connectivity index (χ3v) is 12.7. The van der Waals surface area contributed by atoms with Gasteiger partial charge in [-0.25, -0.2) is 0 Å². The molecule has 0 atom stereocenters. The number of hydrogen-bond acceptors (Lipinski definition) is 8. The first kappa shape index (κ1) is 31.4. The molecule has 0 N–H and O–H groups in total. The van der Waals surface area contributed by atoms with Crippen molar-refractivity contribution in [3.05, 3.63) is 67.8 Å². The van der Waals surface area contributed by atoms with Gasteiger partial charge in [-0.15, -0.1) is 0 Å². The molecule has 0 aromatic heterocycles. The Hall–Kier alpha value is -2.86. The van der Waals surface area contributed by atoms with Gasteiger partial charge in [-0.05, 0) is 0 Å². The average Bonchev–Trinajstić information content (AvgIpc) is 2.87. The second kappa shape index (κ2) is 14.3. The van der Waals surface area contributed by atoms with Crippen molar-refractivity contribution < 1.29 is 19.4 Å². The van der Waals surface area contributed by atoms with Crippen molar-refractivity contribution in [3.63, 3.8) is 0 Å². The monoisotopic (exact) mass is 660 g/mol. The van der Waals surface area contributed by atoms with Crippen LogP contribution in [0.4, 0.5) is 11.4 Å². The number of carbonyl (C=O) groups excluding carboxylic acids is 2. The molecule has 0 bridgehead atoms. The normalized spacial score (nSPS) is 11.1. The van der Waals surface area contributed by atoms with E-state index in [2.05, 4.69) is 0 Å². The number of non-ortho nitro benzene ring substituents is 2. The van der Waals surface area contributed by atoms with Crippen LogP contribution in [0.15, 0.2) is 36.4 Å². The Kier molecular flexibility index (Phi) is 11.8. The molecule has 0 saturated heterocycles. The Bertz CT molecular complexity index is 1100. The van der Waals surface area contributed by atoms with Crippen LogP contribution in [0.1, 0.15) is 20.7 Å². The van der Waals surface area contributed by atoms with Gasteiger partial charge >= 0.3 is 234 Å². The van der Waals surface area contributed by atoms with Gasteiger partial charge in [-0.1, -0.05) is 0 Å². The Morgan fingerprint density at radius 3 is 1.29 bits per heavy atom. The number of benzene rings is 2. The molecular weight excluding hydrogens is 626 g/mol. The van der Waals surface area contributed by atoms with E-state index in [-0.39, 0.29) is 60.6 Å². The number of amides is 2. The van der Waals surface area contributed by atoms with Gasteiger partial charge in [0.15, 0.2) is 0 Å². The summed E-state index contributed by atoms with van der Waals surface area (Å²) in [5.41, 5.74) is 0.186. The molecule has 38 heavy (non-hydrogen) atoms. The molecule has 2 amide bonds. The van der Waals surface area contributed by atoms with E-state index in [9.17, 15) is 29.8 Å². The minimum atomic E-state index is -0.533. The Morgan fingerprint density at radius 2 is 1.00 bits per heavy atom. The van der Waals surface area contributed by atoms with Gasteiger partial charge in [-0.3, -0.25) is 0 Å². The number of likely N-dealkylation sites (N-methyl/N-ethyl adjacent to an activating group) is 4. The number of carbonyl (C=O) groups is 2. The summed E-state index contributed by atoms with van der Waals surface area (Å²) >= 11 is -0.661. The summed E-state index contributed by atoms with van der Waals surface area (Å²) in [6, 6.07) is 8.56. The van der Waals surface area contributed by atoms with Gasteiger partial charge < -0.3 is 0 Å². The van der Waals surface area contributed by atoms with Crippen molar-refractivity contribution in [2.24, 2.45) is 0 Å². The molecule has 0 spiro atoms. The van der Waals surface area contributed by atoms with Crippen molar-refractivity contribution in [1.29, 1.82) is 0 Å². The molecule has 0 aliphatic heterocycles. The summed E-state index contributed by atoms with van der Waals surface area (Å²) < 4.78 is 1.37. The number of rotatable bonds is 13. The predicted molar refractivity (Wildman–Crippen MR) is 148 cm³/mol. The second-order valence-electron chi connectivity index (χ2n) is 9.10. The summed E-state index contributed by atoms with van der Waals surface area (Å²) in [6.07, 6.45) is 0. The molecular formula is C24H32N6O6Se2. The van der Waals surface area contributed by atoms with Crippen LogP contribution in [0.25, 0.3) is 0 Å². The van der Waals surface area contributed by atoms with E-state index in [1.807, 2.05) is 38.0 Å². The minimum absolute atomic E-state index is 0.171. The topological polar surface area (TPSA) is 133 Å². The van der Waals surface area contributed by atoms with E-state index < -0.39 is 9.85 Å².